The Kier molecular flexibility index (Phi) is 2.70. The molecule has 2 aromatic rings. The number of hydrogen-bond acceptors (Lipinski definition) is 2. The fourth-order valence-electron chi connectivity index (χ4n) is 1.52. The Morgan fingerprint density at radius 3 is 3.00 bits per heavy atom. The lowest BCUT2D eigenvalue weighted by molar-refractivity contribution is 0.292. The minimum atomic E-state index is 0.232. The molecule has 0 unspecified atom stereocenters. The van der Waals surface area contributed by atoms with Crippen molar-refractivity contribution in [2.24, 2.45) is 0 Å². The van der Waals surface area contributed by atoms with Crippen LogP contribution in [0.2, 0.25) is 0 Å². The number of benzene rings is 1. The number of nitrogens with one attached hydrogen (secondary N) is 2. The van der Waals surface area contributed by atoms with Gasteiger partial charge in [0.15, 0.2) is 0 Å². The van der Waals surface area contributed by atoms with Gasteiger partial charge in [0.05, 0.1) is 5.69 Å². The van der Waals surface area contributed by atoms with Crippen LogP contribution in [0.15, 0.2) is 30.5 Å². The van der Waals surface area contributed by atoms with Gasteiger partial charge in [0.1, 0.15) is 0 Å². The van der Waals surface area contributed by atoms with E-state index in [-0.39, 0.29) is 6.61 Å². The summed E-state index contributed by atoms with van der Waals surface area (Å²) in [5.41, 5.74) is 2.24. The number of aliphatic hydroxyl groups excluding tert-OH is 1. The molecule has 0 atom stereocenters. The van der Waals surface area contributed by atoms with Gasteiger partial charge in [0.25, 0.3) is 0 Å². The number of anilines is 1. The Morgan fingerprint density at radius 2 is 2.14 bits per heavy atom. The van der Waals surface area contributed by atoms with Gasteiger partial charge in [-0.25, -0.2) is 0 Å². The lowest BCUT2D eigenvalue weighted by Gasteiger charge is -2.02. The van der Waals surface area contributed by atoms with Gasteiger partial charge in [0, 0.05) is 30.3 Å². The van der Waals surface area contributed by atoms with Crippen LogP contribution in [0.4, 0.5) is 5.69 Å². The summed E-state index contributed by atoms with van der Waals surface area (Å²) in [4.78, 5) is 3.19. The number of aromatic nitrogens is 1. The summed E-state index contributed by atoms with van der Waals surface area (Å²) in [6.07, 6.45) is 2.74. The van der Waals surface area contributed by atoms with Crippen LogP contribution in [0.3, 0.4) is 0 Å². The Hall–Kier alpha value is -1.48. The average molecular weight is 190 g/mol. The van der Waals surface area contributed by atoms with Gasteiger partial charge in [0.2, 0.25) is 0 Å². The Balaban J connectivity index is 2.17. The molecule has 3 nitrogen and oxygen atoms in total. The van der Waals surface area contributed by atoms with Crippen molar-refractivity contribution < 1.29 is 5.11 Å². The maximum absolute atomic E-state index is 8.66. The number of para-hydroxylation sites is 1. The zero-order valence-corrected chi connectivity index (χ0v) is 7.96. The van der Waals surface area contributed by atoms with E-state index in [4.69, 9.17) is 5.11 Å². The standard InChI is InChI=1S/C11H14N2O/c14-7-3-6-12-11-8-13-10-5-2-1-4-9(10)11/h1-2,4-5,8,12-14H,3,6-7H2. The number of hydrogen-bond donors (Lipinski definition) is 3. The third-order valence-electron chi connectivity index (χ3n) is 2.24. The predicted octanol–water partition coefficient (Wildman–Crippen LogP) is 1.96. The molecule has 0 saturated heterocycles. The molecule has 0 fully saturated rings. The summed E-state index contributed by atoms with van der Waals surface area (Å²) < 4.78 is 0. The molecule has 3 heteroatoms. The molecular formula is C11H14N2O. The highest BCUT2D eigenvalue weighted by Crippen LogP contribution is 2.21. The number of aliphatic hydroxyl groups is 1. The minimum Gasteiger partial charge on any atom is -0.396 e. The molecule has 0 saturated carbocycles. The highest BCUT2D eigenvalue weighted by molar-refractivity contribution is 5.92. The second kappa shape index (κ2) is 4.15. The normalized spacial score (nSPS) is 10.6. The summed E-state index contributed by atoms with van der Waals surface area (Å²) >= 11 is 0. The van der Waals surface area contributed by atoms with Crippen LogP contribution in [-0.2, 0) is 0 Å². The number of H-pyrrole nitrogens is 1. The second-order valence-corrected chi connectivity index (χ2v) is 3.25. The first-order chi connectivity index (χ1) is 6.92. The lowest BCUT2D eigenvalue weighted by Crippen LogP contribution is -2.02. The highest BCUT2D eigenvalue weighted by atomic mass is 16.3. The molecular weight excluding hydrogens is 176 g/mol. The van der Waals surface area contributed by atoms with Crippen molar-refractivity contribution in [1.82, 2.24) is 4.98 Å². The summed E-state index contributed by atoms with van der Waals surface area (Å²) in [6.45, 7) is 1.04. The molecule has 1 aromatic heterocycles. The Labute approximate surface area is 82.8 Å². The van der Waals surface area contributed by atoms with Crippen LogP contribution in [0.5, 0.6) is 0 Å². The molecule has 0 bridgehead atoms. The van der Waals surface area contributed by atoms with Gasteiger partial charge < -0.3 is 15.4 Å². The van der Waals surface area contributed by atoms with Crippen LogP contribution in [0.25, 0.3) is 10.9 Å². The van der Waals surface area contributed by atoms with Crippen molar-refractivity contribution in [1.29, 1.82) is 0 Å². The van der Waals surface area contributed by atoms with Crippen LogP contribution in [0.1, 0.15) is 6.42 Å². The fourth-order valence-corrected chi connectivity index (χ4v) is 1.52. The van der Waals surface area contributed by atoms with Gasteiger partial charge in [-0.15, -0.1) is 0 Å². The zero-order chi connectivity index (χ0) is 9.80. The largest absolute Gasteiger partial charge is 0.396 e. The van der Waals surface area contributed by atoms with E-state index in [9.17, 15) is 0 Å². The van der Waals surface area contributed by atoms with E-state index < -0.39 is 0 Å². The molecule has 0 spiro atoms. The number of rotatable bonds is 4. The number of aromatic amines is 1. The quantitative estimate of drug-likeness (QED) is 0.645. The smallest absolute Gasteiger partial charge is 0.0597 e. The molecule has 1 aromatic carbocycles. The monoisotopic (exact) mass is 190 g/mol. The first-order valence-corrected chi connectivity index (χ1v) is 4.82. The van der Waals surface area contributed by atoms with Gasteiger partial charge in [-0.2, -0.15) is 0 Å². The number of fused-ring (bicyclic) bond motifs is 1. The summed E-state index contributed by atoms with van der Waals surface area (Å²) in [6, 6.07) is 8.16. The first-order valence-electron chi connectivity index (χ1n) is 4.82. The highest BCUT2D eigenvalue weighted by Gasteiger charge is 2.00. The molecule has 0 aliphatic rings. The fraction of sp³-hybridized carbons (Fsp3) is 0.273. The molecule has 0 aliphatic carbocycles. The van der Waals surface area contributed by atoms with E-state index in [1.54, 1.807) is 0 Å². The third kappa shape index (κ3) is 1.72. The van der Waals surface area contributed by atoms with E-state index in [1.165, 1.54) is 5.39 Å². The van der Waals surface area contributed by atoms with Crippen LogP contribution in [0, 0.1) is 0 Å². The second-order valence-electron chi connectivity index (χ2n) is 3.25. The van der Waals surface area contributed by atoms with Gasteiger partial charge in [-0.1, -0.05) is 18.2 Å². The molecule has 0 radical (unpaired) electrons. The maximum atomic E-state index is 8.66. The lowest BCUT2D eigenvalue weighted by atomic mass is 10.2. The van der Waals surface area contributed by atoms with Crippen LogP contribution in [-0.4, -0.2) is 23.2 Å². The first kappa shape index (κ1) is 9.09. The average Bonchev–Trinajstić information content (AvgIpc) is 2.63. The van der Waals surface area contributed by atoms with Crippen molar-refractivity contribution in [3.05, 3.63) is 30.5 Å². The van der Waals surface area contributed by atoms with E-state index in [1.807, 2.05) is 24.4 Å². The molecule has 1 heterocycles. The topological polar surface area (TPSA) is 48.0 Å². The molecule has 14 heavy (non-hydrogen) atoms. The van der Waals surface area contributed by atoms with Gasteiger partial charge in [-0.3, -0.25) is 0 Å². The molecule has 0 aliphatic heterocycles. The summed E-state index contributed by atoms with van der Waals surface area (Å²) in [5.74, 6) is 0. The van der Waals surface area contributed by atoms with Crippen molar-refractivity contribution in [3.63, 3.8) is 0 Å². The van der Waals surface area contributed by atoms with Crippen LogP contribution < -0.4 is 5.32 Å². The van der Waals surface area contributed by atoms with E-state index >= 15 is 0 Å². The summed E-state index contributed by atoms with van der Waals surface area (Å²) in [5, 5.41) is 13.1. The van der Waals surface area contributed by atoms with Crippen molar-refractivity contribution in [2.45, 2.75) is 6.42 Å². The predicted molar refractivity (Wildman–Crippen MR) is 58.5 cm³/mol. The molecule has 3 N–H and O–H groups in total. The third-order valence-corrected chi connectivity index (χ3v) is 2.24. The van der Waals surface area contributed by atoms with Crippen LogP contribution >= 0.6 is 0 Å². The van der Waals surface area contributed by atoms with E-state index in [0.29, 0.717) is 0 Å². The van der Waals surface area contributed by atoms with Crippen molar-refractivity contribution in [3.8, 4) is 0 Å². The van der Waals surface area contributed by atoms with Gasteiger partial charge >= 0.3 is 0 Å². The van der Waals surface area contributed by atoms with Crippen molar-refractivity contribution >= 4 is 16.6 Å². The molecule has 0 amide bonds. The van der Waals surface area contributed by atoms with E-state index in [0.717, 1.165) is 24.2 Å². The SMILES string of the molecule is OCCCNc1c[nH]c2ccccc12. The summed E-state index contributed by atoms with van der Waals surface area (Å²) in [7, 11) is 0. The molecule has 74 valence electrons. The van der Waals surface area contributed by atoms with Crippen molar-refractivity contribution in [2.75, 3.05) is 18.5 Å². The van der Waals surface area contributed by atoms with E-state index in [2.05, 4.69) is 16.4 Å². The Morgan fingerprint density at radius 1 is 1.29 bits per heavy atom. The Bertz CT molecular complexity index is 408. The zero-order valence-electron chi connectivity index (χ0n) is 7.96. The maximum Gasteiger partial charge on any atom is 0.0597 e. The minimum absolute atomic E-state index is 0.232. The molecule has 2 rings (SSSR count). The van der Waals surface area contributed by atoms with Gasteiger partial charge in [-0.05, 0) is 12.5 Å².